The number of nitrogens with zero attached hydrogens (tertiary/aromatic N) is 3. The summed E-state index contributed by atoms with van der Waals surface area (Å²) < 4.78 is 1.39. The third-order valence-electron chi connectivity index (χ3n) is 2.83. The zero-order valence-electron chi connectivity index (χ0n) is 10.5. The number of aliphatic imine (C=N–C) groups is 1. The molecule has 0 atom stereocenters. The molecule has 19 heavy (non-hydrogen) atoms. The lowest BCUT2D eigenvalue weighted by Crippen LogP contribution is -2.22. The van der Waals surface area contributed by atoms with E-state index in [2.05, 4.69) is 22.2 Å². The van der Waals surface area contributed by atoms with Crippen LogP contribution in [-0.4, -0.2) is 27.2 Å². The summed E-state index contributed by atoms with van der Waals surface area (Å²) in [6.07, 6.45) is 0.355. The molecular weight excluding hydrogens is 258 g/mol. The van der Waals surface area contributed by atoms with Gasteiger partial charge >= 0.3 is 0 Å². The standard InChI is InChI=1S/C14H13N3OS/c1-10-7-13-15-11(8-14(18)17(13)16-10)9-19-12-5-3-2-4-6-12/h2-7H,8-9H2,1H3. The molecule has 5 heteroatoms. The van der Waals surface area contributed by atoms with Gasteiger partial charge in [-0.2, -0.15) is 9.78 Å². The van der Waals surface area contributed by atoms with Crippen LogP contribution in [0.25, 0.3) is 0 Å². The molecule has 3 rings (SSSR count). The average Bonchev–Trinajstić information content (AvgIpc) is 2.79. The maximum Gasteiger partial charge on any atom is 0.254 e. The molecule has 0 saturated heterocycles. The number of thioether (sulfide) groups is 1. The van der Waals surface area contributed by atoms with Gasteiger partial charge in [0.05, 0.1) is 12.1 Å². The Kier molecular flexibility index (Phi) is 3.21. The molecule has 0 saturated carbocycles. The van der Waals surface area contributed by atoms with E-state index in [1.165, 1.54) is 9.58 Å². The third kappa shape index (κ3) is 2.61. The maximum atomic E-state index is 11.9. The van der Waals surface area contributed by atoms with E-state index in [0.29, 0.717) is 12.2 Å². The van der Waals surface area contributed by atoms with E-state index < -0.39 is 0 Å². The van der Waals surface area contributed by atoms with Crippen molar-refractivity contribution in [3.8, 4) is 0 Å². The average molecular weight is 271 g/mol. The van der Waals surface area contributed by atoms with Crippen LogP contribution in [0.5, 0.6) is 0 Å². The lowest BCUT2D eigenvalue weighted by atomic mass is 10.2. The molecule has 0 spiro atoms. The second kappa shape index (κ2) is 5.01. The second-order valence-electron chi connectivity index (χ2n) is 4.41. The highest BCUT2D eigenvalue weighted by Crippen LogP contribution is 2.24. The van der Waals surface area contributed by atoms with Gasteiger partial charge in [0.15, 0.2) is 5.82 Å². The van der Waals surface area contributed by atoms with E-state index in [4.69, 9.17) is 0 Å². The summed E-state index contributed by atoms with van der Waals surface area (Å²) in [7, 11) is 0. The Morgan fingerprint density at radius 2 is 2.11 bits per heavy atom. The monoisotopic (exact) mass is 271 g/mol. The van der Waals surface area contributed by atoms with E-state index in [9.17, 15) is 4.79 Å². The number of fused-ring (bicyclic) bond motifs is 1. The molecule has 0 bridgehead atoms. The van der Waals surface area contributed by atoms with Gasteiger partial charge in [-0.25, -0.2) is 4.99 Å². The van der Waals surface area contributed by atoms with Crippen LogP contribution in [0.15, 0.2) is 46.3 Å². The van der Waals surface area contributed by atoms with Crippen LogP contribution in [0.1, 0.15) is 16.9 Å². The Bertz CT molecular complexity index is 646. The number of benzene rings is 1. The first-order valence-corrected chi connectivity index (χ1v) is 7.05. The zero-order chi connectivity index (χ0) is 13.2. The lowest BCUT2D eigenvalue weighted by molar-refractivity contribution is 0.0906. The largest absolute Gasteiger partial charge is 0.272 e. The van der Waals surface area contributed by atoms with E-state index >= 15 is 0 Å². The molecule has 1 aliphatic rings. The van der Waals surface area contributed by atoms with E-state index in [-0.39, 0.29) is 5.91 Å². The fraction of sp³-hybridized carbons (Fsp3) is 0.214. The summed E-state index contributed by atoms with van der Waals surface area (Å²) in [5, 5.41) is 4.14. The number of hydrogen-bond donors (Lipinski definition) is 0. The van der Waals surface area contributed by atoms with Gasteiger partial charge in [0.1, 0.15) is 0 Å². The SMILES string of the molecule is Cc1cc2n(n1)C(=O)CC(CSc1ccccc1)=N2. The molecule has 0 radical (unpaired) electrons. The molecule has 0 N–H and O–H groups in total. The summed E-state index contributed by atoms with van der Waals surface area (Å²) >= 11 is 1.70. The third-order valence-corrected chi connectivity index (χ3v) is 3.91. The van der Waals surface area contributed by atoms with Crippen molar-refractivity contribution < 1.29 is 4.79 Å². The summed E-state index contributed by atoms with van der Waals surface area (Å²) in [6, 6.07) is 12.0. The van der Waals surface area contributed by atoms with Gasteiger partial charge in [-0.1, -0.05) is 18.2 Å². The first kappa shape index (κ1) is 12.2. The van der Waals surface area contributed by atoms with Gasteiger partial charge in [-0.15, -0.1) is 11.8 Å². The number of carbonyl (C=O) groups excluding carboxylic acids is 1. The molecule has 1 aliphatic heterocycles. The highest BCUT2D eigenvalue weighted by atomic mass is 32.2. The molecule has 0 aliphatic carbocycles. The summed E-state index contributed by atoms with van der Waals surface area (Å²) in [5.74, 6) is 1.39. The number of hydrogen-bond acceptors (Lipinski definition) is 4. The first-order valence-electron chi connectivity index (χ1n) is 6.06. The Labute approximate surface area is 115 Å². The van der Waals surface area contributed by atoms with Gasteiger partial charge in [0.25, 0.3) is 5.91 Å². The molecule has 1 aromatic carbocycles. The van der Waals surface area contributed by atoms with Crippen LogP contribution in [0, 0.1) is 6.92 Å². The molecule has 4 nitrogen and oxygen atoms in total. The van der Waals surface area contributed by atoms with Gasteiger partial charge in [0, 0.05) is 22.4 Å². The highest BCUT2D eigenvalue weighted by Gasteiger charge is 2.20. The molecule has 0 fully saturated rings. The van der Waals surface area contributed by atoms with Crippen LogP contribution in [0.3, 0.4) is 0 Å². The second-order valence-corrected chi connectivity index (χ2v) is 5.45. The fourth-order valence-corrected chi connectivity index (χ4v) is 2.82. The highest BCUT2D eigenvalue weighted by molar-refractivity contribution is 8.00. The number of carbonyl (C=O) groups is 1. The normalized spacial score (nSPS) is 14.2. The number of rotatable bonds is 3. The van der Waals surface area contributed by atoms with E-state index in [1.54, 1.807) is 11.8 Å². The van der Waals surface area contributed by atoms with Crippen molar-refractivity contribution in [1.82, 2.24) is 9.78 Å². The molecule has 2 heterocycles. The summed E-state index contributed by atoms with van der Waals surface area (Å²) in [6.45, 7) is 1.87. The molecule has 1 aromatic heterocycles. The molecule has 96 valence electrons. The van der Waals surface area contributed by atoms with Gasteiger partial charge < -0.3 is 0 Å². The van der Waals surface area contributed by atoms with E-state index in [0.717, 1.165) is 17.2 Å². The van der Waals surface area contributed by atoms with Crippen molar-refractivity contribution in [3.63, 3.8) is 0 Å². The predicted octanol–water partition coefficient (Wildman–Crippen LogP) is 3.10. The van der Waals surface area contributed by atoms with Crippen molar-refractivity contribution in [2.24, 2.45) is 4.99 Å². The van der Waals surface area contributed by atoms with Crippen LogP contribution >= 0.6 is 11.8 Å². The van der Waals surface area contributed by atoms with Crippen molar-refractivity contribution in [3.05, 3.63) is 42.1 Å². The minimum atomic E-state index is 0.00163. The predicted molar refractivity (Wildman–Crippen MR) is 76.5 cm³/mol. The Morgan fingerprint density at radius 3 is 2.89 bits per heavy atom. The topological polar surface area (TPSA) is 47.2 Å². The van der Waals surface area contributed by atoms with Crippen LogP contribution < -0.4 is 0 Å². The van der Waals surface area contributed by atoms with Crippen LogP contribution in [0.4, 0.5) is 5.82 Å². The molecule has 0 amide bonds. The smallest absolute Gasteiger partial charge is 0.254 e. The first-order chi connectivity index (χ1) is 9.22. The van der Waals surface area contributed by atoms with Gasteiger partial charge in [-0.05, 0) is 19.1 Å². The van der Waals surface area contributed by atoms with Crippen LogP contribution in [-0.2, 0) is 0 Å². The molecule has 0 unspecified atom stereocenters. The zero-order valence-corrected chi connectivity index (χ0v) is 11.4. The van der Waals surface area contributed by atoms with Gasteiger partial charge in [0.2, 0.25) is 0 Å². The minimum Gasteiger partial charge on any atom is -0.272 e. The van der Waals surface area contributed by atoms with Crippen molar-refractivity contribution in [2.45, 2.75) is 18.2 Å². The molecular formula is C14H13N3OS. The van der Waals surface area contributed by atoms with Crippen molar-refractivity contribution >= 4 is 29.2 Å². The minimum absolute atomic E-state index is 0.00163. The molecule has 2 aromatic rings. The lowest BCUT2D eigenvalue weighted by Gasteiger charge is -2.12. The summed E-state index contributed by atoms with van der Waals surface area (Å²) in [4.78, 5) is 17.6. The summed E-state index contributed by atoms with van der Waals surface area (Å²) in [5.41, 5.74) is 1.73. The number of aryl methyl sites for hydroxylation is 1. The Morgan fingerprint density at radius 1 is 1.32 bits per heavy atom. The van der Waals surface area contributed by atoms with Crippen LogP contribution in [0.2, 0.25) is 0 Å². The Balaban J connectivity index is 1.76. The fourth-order valence-electron chi connectivity index (χ4n) is 1.97. The van der Waals surface area contributed by atoms with E-state index in [1.807, 2.05) is 31.2 Å². The quantitative estimate of drug-likeness (QED) is 0.806. The van der Waals surface area contributed by atoms with Crippen molar-refractivity contribution in [2.75, 3.05) is 5.75 Å². The Hall–Kier alpha value is -1.88. The number of aromatic nitrogens is 2. The maximum absolute atomic E-state index is 11.9. The van der Waals surface area contributed by atoms with Crippen molar-refractivity contribution in [1.29, 1.82) is 0 Å². The van der Waals surface area contributed by atoms with Gasteiger partial charge in [-0.3, -0.25) is 4.79 Å².